The maximum absolute atomic E-state index is 11.6. The second kappa shape index (κ2) is 4.90. The third-order valence-electron chi connectivity index (χ3n) is 2.60. The summed E-state index contributed by atoms with van der Waals surface area (Å²) in [7, 11) is 0. The zero-order chi connectivity index (χ0) is 10.7. The molecule has 0 aliphatic heterocycles. The first-order valence-electron chi connectivity index (χ1n) is 5.60. The molecule has 0 amide bonds. The van der Waals surface area contributed by atoms with Crippen LogP contribution in [0.2, 0.25) is 0 Å². The number of hydrogen-bond donors (Lipinski definition) is 1. The Hall–Kier alpha value is -0.670. The van der Waals surface area contributed by atoms with Crippen molar-refractivity contribution in [2.75, 3.05) is 6.54 Å². The van der Waals surface area contributed by atoms with Gasteiger partial charge in [-0.25, -0.2) is 0 Å². The van der Waals surface area contributed by atoms with Crippen molar-refractivity contribution in [2.24, 2.45) is 0 Å². The summed E-state index contributed by atoms with van der Waals surface area (Å²) in [4.78, 5) is 14.2. The molecule has 0 spiro atoms. The fraction of sp³-hybridized carbons (Fsp3) is 0.583. The Labute approximate surface area is 94.7 Å². The number of thiophene rings is 1. The standard InChI is InChI=1S/C12H17NOS/c1-2-11-5-6-12(15-11)7-10(14)8-13-9-3-4-9/h5-6,9,13H,2-4,7-8H2,1H3. The van der Waals surface area contributed by atoms with E-state index >= 15 is 0 Å². The van der Waals surface area contributed by atoms with Crippen LogP contribution < -0.4 is 5.32 Å². The molecule has 1 fully saturated rings. The summed E-state index contributed by atoms with van der Waals surface area (Å²) in [5, 5.41) is 3.25. The minimum atomic E-state index is 0.311. The maximum atomic E-state index is 11.6. The summed E-state index contributed by atoms with van der Waals surface area (Å²) in [6, 6.07) is 4.84. The summed E-state index contributed by atoms with van der Waals surface area (Å²) >= 11 is 1.76. The lowest BCUT2D eigenvalue weighted by atomic mass is 10.2. The molecule has 1 heterocycles. The van der Waals surface area contributed by atoms with E-state index in [1.54, 1.807) is 11.3 Å². The molecule has 1 saturated carbocycles. The van der Waals surface area contributed by atoms with Crippen LogP contribution in [0.15, 0.2) is 12.1 Å². The van der Waals surface area contributed by atoms with Crippen molar-refractivity contribution in [3.05, 3.63) is 21.9 Å². The van der Waals surface area contributed by atoms with Gasteiger partial charge in [-0.05, 0) is 31.4 Å². The first kappa shape index (κ1) is 10.8. The van der Waals surface area contributed by atoms with E-state index in [4.69, 9.17) is 0 Å². The van der Waals surface area contributed by atoms with Gasteiger partial charge in [0.25, 0.3) is 0 Å². The van der Waals surface area contributed by atoms with Gasteiger partial charge < -0.3 is 5.32 Å². The summed E-state index contributed by atoms with van der Waals surface area (Å²) in [6.07, 6.45) is 4.15. The van der Waals surface area contributed by atoms with Crippen molar-refractivity contribution in [2.45, 2.75) is 38.6 Å². The molecule has 1 N–H and O–H groups in total. The molecule has 82 valence electrons. The highest BCUT2D eigenvalue weighted by atomic mass is 32.1. The van der Waals surface area contributed by atoms with Gasteiger partial charge in [-0.3, -0.25) is 4.79 Å². The van der Waals surface area contributed by atoms with Crippen LogP contribution in [-0.2, 0) is 17.6 Å². The zero-order valence-corrected chi connectivity index (χ0v) is 9.90. The van der Waals surface area contributed by atoms with Crippen molar-refractivity contribution in [1.29, 1.82) is 0 Å². The Morgan fingerprint density at radius 3 is 2.80 bits per heavy atom. The fourth-order valence-corrected chi connectivity index (χ4v) is 2.50. The number of nitrogens with one attached hydrogen (secondary N) is 1. The summed E-state index contributed by atoms with van der Waals surface area (Å²) < 4.78 is 0. The Kier molecular flexibility index (Phi) is 3.54. The summed E-state index contributed by atoms with van der Waals surface area (Å²) in [5.74, 6) is 0.311. The van der Waals surface area contributed by atoms with Crippen molar-refractivity contribution < 1.29 is 4.79 Å². The highest BCUT2D eigenvalue weighted by Crippen LogP contribution is 2.19. The summed E-state index contributed by atoms with van der Waals surface area (Å²) in [6.45, 7) is 2.69. The molecule has 0 radical (unpaired) electrons. The molecule has 0 atom stereocenters. The van der Waals surface area contributed by atoms with Crippen LogP contribution >= 0.6 is 11.3 Å². The molecule has 1 aromatic rings. The van der Waals surface area contributed by atoms with Gasteiger partial charge in [-0.1, -0.05) is 6.92 Å². The molecule has 2 rings (SSSR count). The lowest BCUT2D eigenvalue weighted by molar-refractivity contribution is -0.117. The smallest absolute Gasteiger partial charge is 0.151 e. The summed E-state index contributed by atoms with van der Waals surface area (Å²) in [5.41, 5.74) is 0. The fourth-order valence-electron chi connectivity index (χ4n) is 1.51. The molecule has 2 nitrogen and oxygen atoms in total. The Balaban J connectivity index is 1.76. The second-order valence-corrected chi connectivity index (χ2v) is 5.35. The molecular weight excluding hydrogens is 206 g/mol. The van der Waals surface area contributed by atoms with Crippen LogP contribution in [0.5, 0.6) is 0 Å². The second-order valence-electron chi connectivity index (χ2n) is 4.09. The average Bonchev–Trinajstić information content (AvgIpc) is 2.96. The zero-order valence-electron chi connectivity index (χ0n) is 9.08. The topological polar surface area (TPSA) is 29.1 Å². The Morgan fingerprint density at radius 2 is 2.20 bits per heavy atom. The number of carbonyl (C=O) groups is 1. The van der Waals surface area contributed by atoms with Gasteiger partial charge >= 0.3 is 0 Å². The highest BCUT2D eigenvalue weighted by Gasteiger charge is 2.21. The lowest BCUT2D eigenvalue weighted by Gasteiger charge is -2.00. The van der Waals surface area contributed by atoms with Gasteiger partial charge in [0.1, 0.15) is 0 Å². The normalized spacial score (nSPS) is 15.5. The minimum absolute atomic E-state index is 0.311. The van der Waals surface area contributed by atoms with Gasteiger partial charge in [0.2, 0.25) is 0 Å². The molecule has 0 aromatic carbocycles. The van der Waals surface area contributed by atoms with Gasteiger partial charge in [0.05, 0.1) is 6.54 Å². The Bertz CT molecular complexity index is 341. The number of rotatable bonds is 6. The third kappa shape index (κ3) is 3.43. The van der Waals surface area contributed by atoms with Crippen LogP contribution in [0.3, 0.4) is 0 Å². The van der Waals surface area contributed by atoms with E-state index in [1.165, 1.54) is 22.6 Å². The van der Waals surface area contributed by atoms with E-state index in [0.29, 0.717) is 24.8 Å². The Morgan fingerprint density at radius 1 is 1.47 bits per heavy atom. The minimum Gasteiger partial charge on any atom is -0.307 e. The van der Waals surface area contributed by atoms with Crippen LogP contribution in [0.4, 0.5) is 0 Å². The molecule has 0 saturated heterocycles. The van der Waals surface area contributed by atoms with Crippen LogP contribution in [0.25, 0.3) is 0 Å². The van der Waals surface area contributed by atoms with Crippen LogP contribution in [0.1, 0.15) is 29.5 Å². The molecule has 1 aromatic heterocycles. The predicted octanol–water partition coefficient (Wildman–Crippen LogP) is 2.17. The van der Waals surface area contributed by atoms with Gasteiger partial charge in [0, 0.05) is 22.2 Å². The van der Waals surface area contributed by atoms with Crippen molar-refractivity contribution in [1.82, 2.24) is 5.32 Å². The number of ketones is 1. The molecular formula is C12H17NOS. The molecule has 0 unspecified atom stereocenters. The molecule has 1 aliphatic rings. The van der Waals surface area contributed by atoms with Crippen LogP contribution in [-0.4, -0.2) is 18.4 Å². The van der Waals surface area contributed by atoms with Gasteiger partial charge in [-0.15, -0.1) is 11.3 Å². The monoisotopic (exact) mass is 223 g/mol. The molecule has 3 heteroatoms. The number of Topliss-reactive ketones (excluding diaryl/α,β-unsaturated/α-hetero) is 1. The maximum Gasteiger partial charge on any atom is 0.151 e. The average molecular weight is 223 g/mol. The van der Waals surface area contributed by atoms with E-state index in [1.807, 2.05) is 0 Å². The first-order chi connectivity index (χ1) is 7.28. The van der Waals surface area contributed by atoms with Gasteiger partial charge in [0.15, 0.2) is 5.78 Å². The van der Waals surface area contributed by atoms with E-state index in [9.17, 15) is 4.79 Å². The molecule has 0 bridgehead atoms. The molecule has 15 heavy (non-hydrogen) atoms. The SMILES string of the molecule is CCc1ccc(CC(=O)CNC2CC2)s1. The van der Waals surface area contributed by atoms with E-state index in [-0.39, 0.29) is 0 Å². The third-order valence-corrected chi connectivity index (χ3v) is 3.83. The largest absolute Gasteiger partial charge is 0.307 e. The highest BCUT2D eigenvalue weighted by molar-refractivity contribution is 7.12. The lowest BCUT2D eigenvalue weighted by Crippen LogP contribution is -2.25. The van der Waals surface area contributed by atoms with Crippen LogP contribution in [0, 0.1) is 0 Å². The number of carbonyl (C=O) groups excluding carboxylic acids is 1. The van der Waals surface area contributed by atoms with Crippen molar-refractivity contribution in [3.63, 3.8) is 0 Å². The predicted molar refractivity (Wildman–Crippen MR) is 63.4 cm³/mol. The van der Waals surface area contributed by atoms with Crippen molar-refractivity contribution in [3.8, 4) is 0 Å². The van der Waals surface area contributed by atoms with E-state index < -0.39 is 0 Å². The number of hydrogen-bond acceptors (Lipinski definition) is 3. The number of aryl methyl sites for hydroxylation is 1. The van der Waals surface area contributed by atoms with Gasteiger partial charge in [-0.2, -0.15) is 0 Å². The molecule has 1 aliphatic carbocycles. The first-order valence-corrected chi connectivity index (χ1v) is 6.42. The van der Waals surface area contributed by atoms with E-state index in [0.717, 1.165) is 6.42 Å². The quantitative estimate of drug-likeness (QED) is 0.801. The van der Waals surface area contributed by atoms with E-state index in [2.05, 4.69) is 24.4 Å². The van der Waals surface area contributed by atoms with Crippen molar-refractivity contribution >= 4 is 17.1 Å².